The van der Waals surface area contributed by atoms with E-state index in [0.29, 0.717) is 16.3 Å². The molecular formula is C21H24ClN3O4. The van der Waals surface area contributed by atoms with Crippen molar-refractivity contribution in [3.63, 3.8) is 0 Å². The SMILES string of the molecule is COC(=O)Nc1ccc(CNC(=O)C(NC(=O)c2ccccc2Cl)C(C)C)cc1. The lowest BCUT2D eigenvalue weighted by Gasteiger charge is -2.22. The summed E-state index contributed by atoms with van der Waals surface area (Å²) >= 11 is 6.06. The van der Waals surface area contributed by atoms with Crippen LogP contribution in [-0.2, 0) is 16.1 Å². The third-order valence-corrected chi connectivity index (χ3v) is 4.54. The molecule has 0 heterocycles. The molecule has 0 bridgehead atoms. The zero-order chi connectivity index (χ0) is 21.4. The lowest BCUT2D eigenvalue weighted by Crippen LogP contribution is -2.49. The second-order valence-corrected chi connectivity index (χ2v) is 7.11. The van der Waals surface area contributed by atoms with Gasteiger partial charge in [0.1, 0.15) is 6.04 Å². The Morgan fingerprint density at radius 2 is 1.69 bits per heavy atom. The van der Waals surface area contributed by atoms with Gasteiger partial charge < -0.3 is 15.4 Å². The van der Waals surface area contributed by atoms with Gasteiger partial charge in [-0.3, -0.25) is 14.9 Å². The molecule has 2 rings (SSSR count). The van der Waals surface area contributed by atoms with Gasteiger partial charge in [-0.2, -0.15) is 0 Å². The van der Waals surface area contributed by atoms with Gasteiger partial charge in [0.15, 0.2) is 0 Å². The third kappa shape index (κ3) is 6.50. The molecule has 0 aliphatic carbocycles. The van der Waals surface area contributed by atoms with Crippen molar-refractivity contribution in [3.8, 4) is 0 Å². The molecule has 0 saturated heterocycles. The quantitative estimate of drug-likeness (QED) is 0.641. The second-order valence-electron chi connectivity index (χ2n) is 6.71. The highest BCUT2D eigenvalue weighted by Crippen LogP contribution is 2.16. The number of halogens is 1. The number of nitrogens with one attached hydrogen (secondary N) is 3. The molecule has 0 fully saturated rings. The predicted octanol–water partition coefficient (Wildman–Crippen LogP) is 3.59. The average Bonchev–Trinajstić information content (AvgIpc) is 2.71. The molecule has 2 aromatic rings. The van der Waals surface area contributed by atoms with Gasteiger partial charge in [0.05, 0.1) is 17.7 Å². The number of carbonyl (C=O) groups is 3. The lowest BCUT2D eigenvalue weighted by molar-refractivity contribution is -0.124. The lowest BCUT2D eigenvalue weighted by atomic mass is 10.0. The summed E-state index contributed by atoms with van der Waals surface area (Å²) in [6.45, 7) is 3.98. The van der Waals surface area contributed by atoms with Gasteiger partial charge in [0, 0.05) is 12.2 Å². The fraction of sp³-hybridized carbons (Fsp3) is 0.286. The Hall–Kier alpha value is -3.06. The molecule has 3 amide bonds. The highest BCUT2D eigenvalue weighted by atomic mass is 35.5. The van der Waals surface area contributed by atoms with Crippen molar-refractivity contribution in [2.45, 2.75) is 26.4 Å². The monoisotopic (exact) mass is 417 g/mol. The number of amides is 3. The van der Waals surface area contributed by atoms with Gasteiger partial charge in [-0.15, -0.1) is 0 Å². The van der Waals surface area contributed by atoms with Crippen molar-refractivity contribution < 1.29 is 19.1 Å². The minimum Gasteiger partial charge on any atom is -0.453 e. The molecule has 29 heavy (non-hydrogen) atoms. The normalized spacial score (nSPS) is 11.5. The molecule has 0 aromatic heterocycles. The maximum Gasteiger partial charge on any atom is 0.411 e. The second kappa shape index (κ2) is 10.5. The van der Waals surface area contributed by atoms with E-state index >= 15 is 0 Å². The number of hydrogen-bond acceptors (Lipinski definition) is 4. The van der Waals surface area contributed by atoms with Gasteiger partial charge in [-0.1, -0.05) is 49.7 Å². The van der Waals surface area contributed by atoms with E-state index in [9.17, 15) is 14.4 Å². The molecule has 0 saturated carbocycles. The summed E-state index contributed by atoms with van der Waals surface area (Å²) in [7, 11) is 1.29. The van der Waals surface area contributed by atoms with E-state index in [1.165, 1.54) is 7.11 Å². The van der Waals surface area contributed by atoms with E-state index in [-0.39, 0.29) is 18.4 Å². The van der Waals surface area contributed by atoms with Gasteiger partial charge in [0.25, 0.3) is 5.91 Å². The smallest absolute Gasteiger partial charge is 0.411 e. The van der Waals surface area contributed by atoms with Crippen molar-refractivity contribution >= 4 is 35.2 Å². The van der Waals surface area contributed by atoms with E-state index in [4.69, 9.17) is 11.6 Å². The van der Waals surface area contributed by atoms with Crippen LogP contribution in [0.2, 0.25) is 5.02 Å². The molecule has 1 atom stereocenters. The summed E-state index contributed by atoms with van der Waals surface area (Å²) in [6, 6.07) is 12.9. The Morgan fingerprint density at radius 1 is 1.03 bits per heavy atom. The maximum absolute atomic E-state index is 12.6. The first-order valence-electron chi connectivity index (χ1n) is 9.08. The fourth-order valence-electron chi connectivity index (χ4n) is 2.57. The van der Waals surface area contributed by atoms with Crippen molar-refractivity contribution in [1.82, 2.24) is 10.6 Å². The van der Waals surface area contributed by atoms with Crippen molar-refractivity contribution in [3.05, 3.63) is 64.7 Å². The molecule has 0 aliphatic heterocycles. The largest absolute Gasteiger partial charge is 0.453 e. The summed E-state index contributed by atoms with van der Waals surface area (Å²) in [5.74, 6) is -0.812. The average molecular weight is 418 g/mol. The topological polar surface area (TPSA) is 96.5 Å². The Labute approximate surface area is 174 Å². The van der Waals surface area contributed by atoms with Gasteiger partial charge in [-0.05, 0) is 35.7 Å². The third-order valence-electron chi connectivity index (χ3n) is 4.21. The van der Waals surface area contributed by atoms with Crippen molar-refractivity contribution in [1.29, 1.82) is 0 Å². The number of methoxy groups -OCH3 is 1. The van der Waals surface area contributed by atoms with E-state index in [1.54, 1.807) is 48.5 Å². The Morgan fingerprint density at radius 3 is 2.28 bits per heavy atom. The number of hydrogen-bond donors (Lipinski definition) is 3. The van der Waals surface area contributed by atoms with Crippen molar-refractivity contribution in [2.24, 2.45) is 5.92 Å². The van der Waals surface area contributed by atoms with Gasteiger partial charge in [0.2, 0.25) is 5.91 Å². The molecule has 0 radical (unpaired) electrons. The van der Waals surface area contributed by atoms with Crippen LogP contribution in [0.25, 0.3) is 0 Å². The fourth-order valence-corrected chi connectivity index (χ4v) is 2.79. The summed E-state index contributed by atoms with van der Waals surface area (Å²) < 4.78 is 4.53. The Bertz CT molecular complexity index is 868. The molecule has 8 heteroatoms. The predicted molar refractivity (Wildman–Crippen MR) is 112 cm³/mol. The van der Waals surface area contributed by atoms with Crippen LogP contribution in [0.3, 0.4) is 0 Å². The minimum absolute atomic E-state index is 0.118. The minimum atomic E-state index is -0.709. The van der Waals surface area contributed by atoms with Gasteiger partial charge >= 0.3 is 6.09 Å². The van der Waals surface area contributed by atoms with E-state index in [1.807, 2.05) is 13.8 Å². The molecular weight excluding hydrogens is 394 g/mol. The zero-order valence-corrected chi connectivity index (χ0v) is 17.2. The zero-order valence-electron chi connectivity index (χ0n) is 16.5. The van der Waals surface area contributed by atoms with Crippen LogP contribution in [0.15, 0.2) is 48.5 Å². The summed E-state index contributed by atoms with van der Waals surface area (Å²) in [5, 5.41) is 8.45. The van der Waals surface area contributed by atoms with Crippen LogP contribution in [0, 0.1) is 5.92 Å². The Balaban J connectivity index is 1.96. The van der Waals surface area contributed by atoms with Crippen molar-refractivity contribution in [2.75, 3.05) is 12.4 Å². The van der Waals surface area contributed by atoms with E-state index in [0.717, 1.165) is 5.56 Å². The van der Waals surface area contributed by atoms with E-state index in [2.05, 4.69) is 20.7 Å². The molecule has 3 N–H and O–H groups in total. The first-order valence-corrected chi connectivity index (χ1v) is 9.46. The van der Waals surface area contributed by atoms with Crippen LogP contribution in [0.4, 0.5) is 10.5 Å². The van der Waals surface area contributed by atoms with Crippen LogP contribution < -0.4 is 16.0 Å². The first-order chi connectivity index (χ1) is 13.8. The van der Waals surface area contributed by atoms with Crippen LogP contribution in [-0.4, -0.2) is 31.1 Å². The number of rotatable bonds is 7. The molecule has 0 aliphatic rings. The van der Waals surface area contributed by atoms with Crippen LogP contribution in [0.1, 0.15) is 29.8 Å². The number of benzene rings is 2. The molecule has 154 valence electrons. The van der Waals surface area contributed by atoms with Crippen LogP contribution in [0.5, 0.6) is 0 Å². The van der Waals surface area contributed by atoms with Gasteiger partial charge in [-0.25, -0.2) is 4.79 Å². The molecule has 7 nitrogen and oxygen atoms in total. The first kappa shape index (κ1) is 22.2. The summed E-state index contributed by atoms with van der Waals surface area (Å²) in [5.41, 5.74) is 1.74. The Kier molecular flexibility index (Phi) is 8.03. The maximum atomic E-state index is 12.6. The number of carbonyl (C=O) groups excluding carboxylic acids is 3. The van der Waals surface area contributed by atoms with E-state index < -0.39 is 18.0 Å². The summed E-state index contributed by atoms with van der Waals surface area (Å²) in [6.07, 6.45) is -0.555. The number of anilines is 1. The molecule has 1 unspecified atom stereocenters. The van der Waals surface area contributed by atoms with Crippen LogP contribution >= 0.6 is 11.6 Å². The highest BCUT2D eigenvalue weighted by molar-refractivity contribution is 6.33. The summed E-state index contributed by atoms with van der Waals surface area (Å²) in [4.78, 5) is 36.3. The number of ether oxygens (including phenoxy) is 1. The highest BCUT2D eigenvalue weighted by Gasteiger charge is 2.25. The molecule has 0 spiro atoms. The standard InChI is InChI=1S/C21H24ClN3O4/c1-13(2)18(25-19(26)16-6-4-5-7-17(16)22)20(27)23-12-14-8-10-15(11-9-14)24-21(28)29-3/h4-11,13,18H,12H2,1-3H3,(H,23,27)(H,24,28)(H,25,26). The molecule has 2 aromatic carbocycles.